The predicted octanol–water partition coefficient (Wildman–Crippen LogP) is 3.07. The van der Waals surface area contributed by atoms with E-state index in [0.29, 0.717) is 17.2 Å². The molecule has 1 saturated carbocycles. The van der Waals surface area contributed by atoms with Crippen molar-refractivity contribution in [3.05, 3.63) is 17.7 Å². The molecule has 1 aliphatic carbocycles. The van der Waals surface area contributed by atoms with E-state index in [4.69, 9.17) is 14.2 Å². The standard InChI is InChI=1S/C15H18O5/c1-9-2-4-10(5-3-9)20-12-7-14-13(18-8-19-14)6-11(12)15(16)17/h6-7,9-10H,2-5,8H2,1H3,(H,16,17). The van der Waals surface area contributed by atoms with Gasteiger partial charge in [-0.15, -0.1) is 0 Å². The van der Waals surface area contributed by atoms with Crippen molar-refractivity contribution in [2.24, 2.45) is 5.92 Å². The summed E-state index contributed by atoms with van der Waals surface area (Å²) in [5, 5.41) is 9.29. The lowest BCUT2D eigenvalue weighted by Gasteiger charge is -2.27. The minimum Gasteiger partial charge on any atom is -0.489 e. The van der Waals surface area contributed by atoms with Crippen LogP contribution < -0.4 is 14.2 Å². The van der Waals surface area contributed by atoms with Gasteiger partial charge in [0, 0.05) is 12.1 Å². The van der Waals surface area contributed by atoms with Crippen LogP contribution in [0.15, 0.2) is 12.1 Å². The number of rotatable bonds is 3. The Kier molecular flexibility index (Phi) is 3.42. The van der Waals surface area contributed by atoms with Gasteiger partial charge in [0.15, 0.2) is 11.5 Å². The second-order valence-electron chi connectivity index (χ2n) is 5.51. The SMILES string of the molecule is CC1CCC(Oc2cc3c(cc2C(=O)O)OCO3)CC1. The molecule has 1 heterocycles. The molecule has 1 N–H and O–H groups in total. The molecule has 5 heteroatoms. The molecule has 2 aliphatic rings. The van der Waals surface area contributed by atoms with Crippen LogP contribution in [0.25, 0.3) is 0 Å². The van der Waals surface area contributed by atoms with E-state index in [1.807, 2.05) is 0 Å². The van der Waals surface area contributed by atoms with Gasteiger partial charge in [0.25, 0.3) is 0 Å². The van der Waals surface area contributed by atoms with Crippen LogP contribution in [0.4, 0.5) is 0 Å². The zero-order valence-electron chi connectivity index (χ0n) is 11.4. The summed E-state index contributed by atoms with van der Waals surface area (Å²) < 4.78 is 16.4. The highest BCUT2D eigenvalue weighted by atomic mass is 16.7. The molecule has 1 aromatic carbocycles. The smallest absolute Gasteiger partial charge is 0.339 e. The molecule has 0 aromatic heterocycles. The van der Waals surface area contributed by atoms with Gasteiger partial charge in [-0.2, -0.15) is 0 Å². The quantitative estimate of drug-likeness (QED) is 0.920. The fourth-order valence-corrected chi connectivity index (χ4v) is 2.71. The first-order valence-electron chi connectivity index (χ1n) is 6.97. The van der Waals surface area contributed by atoms with Crippen molar-refractivity contribution in [1.29, 1.82) is 0 Å². The summed E-state index contributed by atoms with van der Waals surface area (Å²) in [6, 6.07) is 3.11. The summed E-state index contributed by atoms with van der Waals surface area (Å²) >= 11 is 0. The van der Waals surface area contributed by atoms with E-state index < -0.39 is 5.97 Å². The van der Waals surface area contributed by atoms with Gasteiger partial charge >= 0.3 is 5.97 Å². The zero-order valence-corrected chi connectivity index (χ0v) is 11.4. The van der Waals surface area contributed by atoms with Gasteiger partial charge in [-0.25, -0.2) is 4.79 Å². The number of ether oxygens (including phenoxy) is 3. The van der Waals surface area contributed by atoms with Crippen LogP contribution in [0, 0.1) is 5.92 Å². The van der Waals surface area contributed by atoms with Crippen LogP contribution >= 0.6 is 0 Å². The lowest BCUT2D eigenvalue weighted by atomic mass is 9.89. The van der Waals surface area contributed by atoms with E-state index >= 15 is 0 Å². The number of hydrogen-bond donors (Lipinski definition) is 1. The van der Waals surface area contributed by atoms with Crippen molar-refractivity contribution in [3.8, 4) is 17.2 Å². The van der Waals surface area contributed by atoms with Gasteiger partial charge in [0.1, 0.15) is 11.3 Å². The number of benzene rings is 1. The van der Waals surface area contributed by atoms with Crippen molar-refractivity contribution in [2.45, 2.75) is 38.7 Å². The fourth-order valence-electron chi connectivity index (χ4n) is 2.71. The third-order valence-corrected chi connectivity index (χ3v) is 3.96. The average Bonchev–Trinajstić information content (AvgIpc) is 2.87. The Labute approximate surface area is 117 Å². The molecule has 0 radical (unpaired) electrons. The Bertz CT molecular complexity index is 517. The molecule has 1 fully saturated rings. The molecule has 1 aliphatic heterocycles. The van der Waals surface area contributed by atoms with Crippen LogP contribution in [0.5, 0.6) is 17.2 Å². The molecule has 0 unspecified atom stereocenters. The first-order valence-corrected chi connectivity index (χ1v) is 6.97. The molecule has 5 nitrogen and oxygen atoms in total. The molecular weight excluding hydrogens is 260 g/mol. The van der Waals surface area contributed by atoms with Crippen molar-refractivity contribution < 1.29 is 24.1 Å². The van der Waals surface area contributed by atoms with E-state index in [1.165, 1.54) is 6.07 Å². The van der Waals surface area contributed by atoms with Crippen LogP contribution in [0.1, 0.15) is 43.0 Å². The molecular formula is C15H18O5. The van der Waals surface area contributed by atoms with Crippen molar-refractivity contribution in [3.63, 3.8) is 0 Å². The van der Waals surface area contributed by atoms with E-state index in [9.17, 15) is 9.90 Å². The summed E-state index contributed by atoms with van der Waals surface area (Å²) in [4.78, 5) is 11.3. The van der Waals surface area contributed by atoms with E-state index in [0.717, 1.165) is 31.6 Å². The van der Waals surface area contributed by atoms with Crippen LogP contribution in [-0.2, 0) is 0 Å². The molecule has 20 heavy (non-hydrogen) atoms. The van der Waals surface area contributed by atoms with E-state index in [2.05, 4.69) is 6.92 Å². The van der Waals surface area contributed by atoms with Crippen molar-refractivity contribution in [1.82, 2.24) is 0 Å². The first kappa shape index (κ1) is 13.1. The van der Waals surface area contributed by atoms with E-state index in [-0.39, 0.29) is 18.5 Å². The first-order chi connectivity index (χ1) is 9.63. The largest absolute Gasteiger partial charge is 0.489 e. The molecule has 0 saturated heterocycles. The number of hydrogen-bond acceptors (Lipinski definition) is 4. The van der Waals surface area contributed by atoms with Gasteiger partial charge in [0.05, 0.1) is 6.10 Å². The Morgan fingerprint density at radius 3 is 2.50 bits per heavy atom. The lowest BCUT2D eigenvalue weighted by Crippen LogP contribution is -2.23. The zero-order chi connectivity index (χ0) is 14.1. The maximum atomic E-state index is 11.3. The Morgan fingerprint density at radius 2 is 1.85 bits per heavy atom. The van der Waals surface area contributed by atoms with Crippen molar-refractivity contribution in [2.75, 3.05) is 6.79 Å². The van der Waals surface area contributed by atoms with Gasteiger partial charge < -0.3 is 19.3 Å². The van der Waals surface area contributed by atoms with Gasteiger partial charge in [-0.1, -0.05) is 6.92 Å². The van der Waals surface area contributed by atoms with Crippen LogP contribution in [0.2, 0.25) is 0 Å². The number of carbonyl (C=O) groups is 1. The third-order valence-electron chi connectivity index (χ3n) is 3.96. The van der Waals surface area contributed by atoms with Crippen LogP contribution in [0.3, 0.4) is 0 Å². The molecule has 3 rings (SSSR count). The summed E-state index contributed by atoms with van der Waals surface area (Å²) in [6.07, 6.45) is 4.27. The van der Waals surface area contributed by atoms with Gasteiger partial charge in [-0.3, -0.25) is 0 Å². The fraction of sp³-hybridized carbons (Fsp3) is 0.533. The minimum absolute atomic E-state index is 0.0877. The Morgan fingerprint density at radius 1 is 1.20 bits per heavy atom. The Hall–Kier alpha value is -1.91. The molecule has 0 bridgehead atoms. The predicted molar refractivity (Wildman–Crippen MR) is 71.6 cm³/mol. The van der Waals surface area contributed by atoms with Crippen LogP contribution in [-0.4, -0.2) is 24.0 Å². The summed E-state index contributed by atoms with van der Waals surface area (Å²) in [6.45, 7) is 2.36. The average molecular weight is 278 g/mol. The Balaban J connectivity index is 1.82. The van der Waals surface area contributed by atoms with Crippen molar-refractivity contribution >= 4 is 5.97 Å². The van der Waals surface area contributed by atoms with Gasteiger partial charge in [0.2, 0.25) is 6.79 Å². The molecule has 0 amide bonds. The number of aromatic carboxylic acids is 1. The highest BCUT2D eigenvalue weighted by Gasteiger charge is 2.25. The van der Waals surface area contributed by atoms with Gasteiger partial charge in [-0.05, 0) is 31.6 Å². The number of carboxylic acids is 1. The monoisotopic (exact) mass is 278 g/mol. The van der Waals surface area contributed by atoms with E-state index in [1.54, 1.807) is 6.07 Å². The lowest BCUT2D eigenvalue weighted by molar-refractivity contribution is 0.0683. The minimum atomic E-state index is -1.01. The number of fused-ring (bicyclic) bond motifs is 1. The molecule has 1 aromatic rings. The molecule has 0 spiro atoms. The topological polar surface area (TPSA) is 65.0 Å². The molecule has 0 atom stereocenters. The normalized spacial score (nSPS) is 24.4. The highest BCUT2D eigenvalue weighted by Crippen LogP contribution is 2.39. The highest BCUT2D eigenvalue weighted by molar-refractivity contribution is 5.92. The second kappa shape index (κ2) is 5.23. The summed E-state index contributed by atoms with van der Waals surface area (Å²) in [5.74, 6) is 1.11. The third kappa shape index (κ3) is 2.53. The maximum absolute atomic E-state index is 11.3. The summed E-state index contributed by atoms with van der Waals surface area (Å²) in [5.41, 5.74) is 0.132. The maximum Gasteiger partial charge on any atom is 0.339 e. The molecule has 108 valence electrons. The number of carboxylic acid groups (broad SMARTS) is 1. The second-order valence-corrected chi connectivity index (χ2v) is 5.51. The summed E-state index contributed by atoms with van der Waals surface area (Å²) in [7, 11) is 0.